The Morgan fingerprint density at radius 3 is 2.59 bits per heavy atom. The van der Waals surface area contributed by atoms with E-state index in [2.05, 4.69) is 16.0 Å². The number of methoxy groups -OCH3 is 1. The molecule has 0 radical (unpaired) electrons. The highest BCUT2D eigenvalue weighted by molar-refractivity contribution is 5.90. The van der Waals surface area contributed by atoms with Crippen LogP contribution in [0.4, 0.5) is 4.79 Å². The molecule has 3 rings (SSSR count). The van der Waals surface area contributed by atoms with Crippen molar-refractivity contribution < 1.29 is 23.9 Å². The molecule has 1 fully saturated rings. The quantitative estimate of drug-likeness (QED) is 0.607. The number of rotatable bonds is 2. The minimum Gasteiger partial charge on any atom is -0.494 e. The lowest BCUT2D eigenvalue weighted by Gasteiger charge is -2.31. The molecule has 176 valence electrons. The van der Waals surface area contributed by atoms with Crippen LogP contribution in [-0.2, 0) is 20.7 Å². The first-order chi connectivity index (χ1) is 15.6. The van der Waals surface area contributed by atoms with Crippen LogP contribution in [0.5, 0.6) is 5.75 Å². The van der Waals surface area contributed by atoms with Crippen molar-refractivity contribution in [2.75, 3.05) is 20.3 Å². The number of fused-ring (bicyclic) bond motifs is 2. The molecule has 2 bridgehead atoms. The summed E-state index contributed by atoms with van der Waals surface area (Å²) in [4.78, 5) is 38.3. The van der Waals surface area contributed by atoms with Gasteiger partial charge < -0.3 is 25.4 Å². The maximum Gasteiger partial charge on any atom is 0.328 e. The number of amides is 3. The molecule has 3 amide bonds. The van der Waals surface area contributed by atoms with Crippen LogP contribution in [-0.4, -0.2) is 50.3 Å². The Kier molecular flexibility index (Phi) is 9.19. The first-order valence-corrected chi connectivity index (χ1v) is 11.7. The zero-order chi connectivity index (χ0) is 22.8. The molecule has 0 unspecified atom stereocenters. The number of ether oxygens (including phenoxy) is 2. The monoisotopic (exact) mass is 445 g/mol. The van der Waals surface area contributed by atoms with Crippen molar-refractivity contribution in [3.8, 4) is 5.75 Å². The van der Waals surface area contributed by atoms with Gasteiger partial charge in [-0.25, -0.2) is 9.59 Å². The fourth-order valence-electron chi connectivity index (χ4n) is 4.45. The van der Waals surface area contributed by atoms with Gasteiger partial charge in [-0.05, 0) is 55.7 Å². The first-order valence-electron chi connectivity index (χ1n) is 11.7. The molecule has 0 saturated heterocycles. The Hall–Kier alpha value is -2.77. The van der Waals surface area contributed by atoms with Crippen molar-refractivity contribution in [3.05, 3.63) is 29.8 Å². The molecule has 1 aromatic carbocycles. The van der Waals surface area contributed by atoms with Crippen LogP contribution in [0.2, 0.25) is 0 Å². The minimum atomic E-state index is -0.852. The Balaban J connectivity index is 1.82. The van der Waals surface area contributed by atoms with Gasteiger partial charge in [0, 0.05) is 13.0 Å². The molecule has 2 atom stereocenters. The van der Waals surface area contributed by atoms with Gasteiger partial charge in [-0.3, -0.25) is 4.79 Å². The van der Waals surface area contributed by atoms with E-state index in [1.807, 2.05) is 24.3 Å². The molecule has 1 aromatic rings. The van der Waals surface area contributed by atoms with E-state index >= 15 is 0 Å². The SMILES string of the molecule is COC(=O)[C@@H]1Cc2cccc(c2)OCCCCCNC(=O)N[C@@H](C2CCCCC2)C(=O)N1. The summed E-state index contributed by atoms with van der Waals surface area (Å²) < 4.78 is 10.8. The fourth-order valence-corrected chi connectivity index (χ4v) is 4.45. The van der Waals surface area contributed by atoms with E-state index in [4.69, 9.17) is 9.47 Å². The summed E-state index contributed by atoms with van der Waals surface area (Å²) in [5.74, 6) is -0.0861. The largest absolute Gasteiger partial charge is 0.494 e. The lowest BCUT2D eigenvalue weighted by molar-refractivity contribution is -0.145. The van der Waals surface area contributed by atoms with Crippen molar-refractivity contribution in [1.82, 2.24) is 16.0 Å². The second-order valence-electron chi connectivity index (χ2n) is 8.62. The highest BCUT2D eigenvalue weighted by Gasteiger charge is 2.33. The normalized spacial score (nSPS) is 24.2. The van der Waals surface area contributed by atoms with Gasteiger partial charge in [-0.1, -0.05) is 31.4 Å². The Labute approximate surface area is 189 Å². The van der Waals surface area contributed by atoms with Crippen LogP contribution in [0.25, 0.3) is 0 Å². The van der Waals surface area contributed by atoms with Gasteiger partial charge in [-0.2, -0.15) is 0 Å². The van der Waals surface area contributed by atoms with Gasteiger partial charge >= 0.3 is 12.0 Å². The number of carbonyl (C=O) groups excluding carboxylic acids is 3. The molecule has 1 saturated carbocycles. The summed E-state index contributed by atoms with van der Waals surface area (Å²) in [7, 11) is 1.31. The average molecular weight is 446 g/mol. The molecule has 1 aliphatic heterocycles. The topological polar surface area (TPSA) is 106 Å². The van der Waals surface area contributed by atoms with Gasteiger partial charge in [0.2, 0.25) is 5.91 Å². The third-order valence-corrected chi connectivity index (χ3v) is 6.21. The van der Waals surface area contributed by atoms with E-state index in [1.165, 1.54) is 7.11 Å². The summed E-state index contributed by atoms with van der Waals surface area (Å²) in [6.45, 7) is 1.11. The van der Waals surface area contributed by atoms with Crippen molar-refractivity contribution >= 4 is 17.9 Å². The van der Waals surface area contributed by atoms with Gasteiger partial charge in [-0.15, -0.1) is 0 Å². The molecule has 8 heteroatoms. The first kappa shape index (κ1) is 23.9. The highest BCUT2D eigenvalue weighted by atomic mass is 16.5. The molecule has 32 heavy (non-hydrogen) atoms. The molecule has 8 nitrogen and oxygen atoms in total. The van der Waals surface area contributed by atoms with E-state index < -0.39 is 18.1 Å². The molecule has 1 aliphatic carbocycles. The Bertz CT molecular complexity index is 779. The number of urea groups is 1. The highest BCUT2D eigenvalue weighted by Crippen LogP contribution is 2.27. The number of hydrogen-bond donors (Lipinski definition) is 3. The molecular weight excluding hydrogens is 410 g/mol. The smallest absolute Gasteiger partial charge is 0.328 e. The van der Waals surface area contributed by atoms with Gasteiger partial charge in [0.05, 0.1) is 13.7 Å². The number of esters is 1. The lowest BCUT2D eigenvalue weighted by Crippen LogP contribution is -2.57. The summed E-state index contributed by atoms with van der Waals surface area (Å²) >= 11 is 0. The van der Waals surface area contributed by atoms with Crippen LogP contribution < -0.4 is 20.7 Å². The van der Waals surface area contributed by atoms with Crippen LogP contribution in [0, 0.1) is 5.92 Å². The predicted octanol–water partition coefficient (Wildman–Crippen LogP) is 2.70. The second-order valence-corrected chi connectivity index (χ2v) is 8.62. The number of nitrogens with one attached hydrogen (secondary N) is 3. The van der Waals surface area contributed by atoms with Crippen LogP contribution >= 0.6 is 0 Å². The van der Waals surface area contributed by atoms with E-state index in [-0.39, 0.29) is 24.3 Å². The lowest BCUT2D eigenvalue weighted by atomic mass is 9.83. The van der Waals surface area contributed by atoms with E-state index in [0.717, 1.165) is 62.7 Å². The molecule has 0 spiro atoms. The summed E-state index contributed by atoms with van der Waals surface area (Å²) in [6.07, 6.45) is 7.87. The number of benzene rings is 1. The zero-order valence-corrected chi connectivity index (χ0v) is 18.9. The summed E-state index contributed by atoms with van der Waals surface area (Å²) in [6, 6.07) is 5.66. The Morgan fingerprint density at radius 1 is 1.03 bits per heavy atom. The minimum absolute atomic E-state index is 0.0478. The maximum absolute atomic E-state index is 13.3. The second kappa shape index (κ2) is 12.3. The average Bonchev–Trinajstić information content (AvgIpc) is 2.81. The molecular formula is C24H35N3O5. The van der Waals surface area contributed by atoms with Crippen LogP contribution in [0.3, 0.4) is 0 Å². The number of carbonyl (C=O) groups is 3. The van der Waals surface area contributed by atoms with Crippen molar-refractivity contribution in [1.29, 1.82) is 0 Å². The third-order valence-electron chi connectivity index (χ3n) is 6.21. The molecule has 3 N–H and O–H groups in total. The molecule has 1 heterocycles. The number of hydrogen-bond acceptors (Lipinski definition) is 5. The van der Waals surface area contributed by atoms with Crippen molar-refractivity contribution in [2.45, 2.75) is 69.9 Å². The molecule has 2 aliphatic rings. The van der Waals surface area contributed by atoms with Crippen molar-refractivity contribution in [3.63, 3.8) is 0 Å². The van der Waals surface area contributed by atoms with Gasteiger partial charge in [0.25, 0.3) is 0 Å². The van der Waals surface area contributed by atoms with E-state index in [0.29, 0.717) is 13.2 Å². The summed E-state index contributed by atoms with van der Waals surface area (Å²) in [5.41, 5.74) is 0.863. The van der Waals surface area contributed by atoms with E-state index in [9.17, 15) is 14.4 Å². The zero-order valence-electron chi connectivity index (χ0n) is 18.9. The summed E-state index contributed by atoms with van der Waals surface area (Å²) in [5, 5.41) is 8.57. The van der Waals surface area contributed by atoms with E-state index in [1.54, 1.807) is 0 Å². The van der Waals surface area contributed by atoms with Crippen LogP contribution in [0.15, 0.2) is 24.3 Å². The van der Waals surface area contributed by atoms with Gasteiger partial charge in [0.15, 0.2) is 0 Å². The molecule has 0 aromatic heterocycles. The van der Waals surface area contributed by atoms with Gasteiger partial charge in [0.1, 0.15) is 17.8 Å². The Morgan fingerprint density at radius 2 is 1.81 bits per heavy atom. The standard InChI is InChI=1S/C24H35N3O5/c1-31-23(29)20-16-17-9-8-12-19(15-17)32-14-7-3-6-13-25-24(30)27-21(22(28)26-20)18-10-4-2-5-11-18/h8-9,12,15,18,20-21H,2-7,10-11,13-14,16H2,1H3,(H,26,28)(H2,25,27,30)/t20-,21-/m0/s1. The fraction of sp³-hybridized carbons (Fsp3) is 0.625. The van der Waals surface area contributed by atoms with Crippen molar-refractivity contribution in [2.24, 2.45) is 5.92 Å². The predicted molar refractivity (Wildman–Crippen MR) is 120 cm³/mol. The van der Waals surface area contributed by atoms with Crippen LogP contribution in [0.1, 0.15) is 56.9 Å². The maximum atomic E-state index is 13.3. The third kappa shape index (κ3) is 7.14.